The van der Waals surface area contributed by atoms with Crippen LogP contribution < -0.4 is 5.32 Å². The first-order valence-electron chi connectivity index (χ1n) is 8.61. The van der Waals surface area contributed by atoms with Crippen LogP contribution in [0.1, 0.15) is 21.5 Å². The summed E-state index contributed by atoms with van der Waals surface area (Å²) >= 11 is 3.16. The lowest BCUT2D eigenvalue weighted by molar-refractivity contribution is 0.102. The van der Waals surface area contributed by atoms with Crippen LogP contribution in [0.15, 0.2) is 77.7 Å². The summed E-state index contributed by atoms with van der Waals surface area (Å²) in [5.41, 5.74) is 4.02. The summed E-state index contributed by atoms with van der Waals surface area (Å²) in [6, 6.07) is 24.2. The van der Waals surface area contributed by atoms with Crippen LogP contribution in [0.4, 0.5) is 5.13 Å². The third-order valence-electron chi connectivity index (χ3n) is 4.29. The van der Waals surface area contributed by atoms with Crippen LogP contribution >= 0.6 is 23.1 Å². The highest BCUT2D eigenvalue weighted by molar-refractivity contribution is 7.98. The summed E-state index contributed by atoms with van der Waals surface area (Å²) in [5.74, 6) is -0.133. The maximum Gasteiger partial charge on any atom is 0.257 e. The zero-order valence-electron chi connectivity index (χ0n) is 14.8. The van der Waals surface area contributed by atoms with Crippen LogP contribution in [-0.4, -0.2) is 17.1 Å². The van der Waals surface area contributed by atoms with E-state index in [1.165, 1.54) is 22.5 Å². The first kappa shape index (κ1) is 17.8. The van der Waals surface area contributed by atoms with Gasteiger partial charge in [-0.15, -0.1) is 11.8 Å². The predicted molar refractivity (Wildman–Crippen MR) is 115 cm³/mol. The van der Waals surface area contributed by atoms with Crippen molar-refractivity contribution in [3.8, 4) is 0 Å². The Morgan fingerprint density at radius 3 is 2.44 bits per heavy atom. The van der Waals surface area contributed by atoms with Gasteiger partial charge in [0, 0.05) is 10.5 Å². The molecule has 0 radical (unpaired) electrons. The average Bonchev–Trinajstić information content (AvgIpc) is 3.11. The number of benzene rings is 3. The summed E-state index contributed by atoms with van der Waals surface area (Å²) in [4.78, 5) is 18.3. The molecule has 134 valence electrons. The van der Waals surface area contributed by atoms with E-state index in [-0.39, 0.29) is 5.91 Å². The fourth-order valence-corrected chi connectivity index (χ4v) is 4.43. The molecule has 1 heterocycles. The van der Waals surface area contributed by atoms with Gasteiger partial charge in [-0.3, -0.25) is 10.1 Å². The van der Waals surface area contributed by atoms with Crippen molar-refractivity contribution in [3.05, 3.63) is 89.5 Å². The van der Waals surface area contributed by atoms with Gasteiger partial charge in [0.2, 0.25) is 0 Å². The number of amides is 1. The smallest absolute Gasteiger partial charge is 0.257 e. The van der Waals surface area contributed by atoms with Gasteiger partial charge in [-0.05, 0) is 48.1 Å². The maximum absolute atomic E-state index is 12.6. The number of nitrogens with zero attached hydrogens (tertiary/aromatic N) is 1. The topological polar surface area (TPSA) is 42.0 Å². The van der Waals surface area contributed by atoms with Gasteiger partial charge in [0.1, 0.15) is 0 Å². The van der Waals surface area contributed by atoms with E-state index in [4.69, 9.17) is 0 Å². The second-order valence-corrected chi connectivity index (χ2v) is 8.02. The lowest BCUT2D eigenvalue weighted by Gasteiger charge is -2.05. The predicted octanol–water partition coefficient (Wildman–Crippen LogP) is 5.86. The minimum Gasteiger partial charge on any atom is -0.298 e. The molecule has 1 N–H and O–H groups in total. The van der Waals surface area contributed by atoms with Crippen molar-refractivity contribution in [1.29, 1.82) is 0 Å². The van der Waals surface area contributed by atoms with Crippen LogP contribution in [-0.2, 0) is 6.42 Å². The number of carbonyl (C=O) groups is 1. The molecule has 0 bridgehead atoms. The van der Waals surface area contributed by atoms with Gasteiger partial charge in [-0.2, -0.15) is 0 Å². The standard InChI is InChI=1S/C22H18N2OS2/c1-26-18-8-5-9-19-20(18)23-22(27-19)24-21(25)17-12-10-16(11-13-17)14-15-6-3-2-4-7-15/h2-13H,14H2,1H3,(H,23,24,25). The van der Waals surface area contributed by atoms with E-state index in [0.29, 0.717) is 10.7 Å². The number of aromatic nitrogens is 1. The first-order chi connectivity index (χ1) is 13.2. The average molecular weight is 391 g/mol. The highest BCUT2D eigenvalue weighted by Crippen LogP contribution is 2.32. The van der Waals surface area contributed by atoms with E-state index in [9.17, 15) is 4.79 Å². The number of hydrogen-bond acceptors (Lipinski definition) is 4. The molecule has 3 nitrogen and oxygen atoms in total. The van der Waals surface area contributed by atoms with Gasteiger partial charge in [0.05, 0.1) is 10.2 Å². The number of nitrogens with one attached hydrogen (secondary N) is 1. The summed E-state index contributed by atoms with van der Waals surface area (Å²) in [6.45, 7) is 0. The number of thiazole rings is 1. The summed E-state index contributed by atoms with van der Waals surface area (Å²) in [6.07, 6.45) is 2.89. The van der Waals surface area contributed by atoms with Crippen molar-refractivity contribution in [1.82, 2.24) is 4.98 Å². The summed E-state index contributed by atoms with van der Waals surface area (Å²) in [7, 11) is 0. The fraction of sp³-hybridized carbons (Fsp3) is 0.0909. The number of anilines is 1. The summed E-state index contributed by atoms with van der Waals surface area (Å²) < 4.78 is 1.08. The zero-order chi connectivity index (χ0) is 18.6. The molecule has 0 spiro atoms. The Labute approximate surface area is 166 Å². The highest BCUT2D eigenvalue weighted by atomic mass is 32.2. The van der Waals surface area contributed by atoms with E-state index in [0.717, 1.165) is 21.5 Å². The molecular weight excluding hydrogens is 372 g/mol. The quantitative estimate of drug-likeness (QED) is 0.434. The van der Waals surface area contributed by atoms with Crippen LogP contribution in [0, 0.1) is 0 Å². The Balaban J connectivity index is 1.48. The number of thioether (sulfide) groups is 1. The largest absolute Gasteiger partial charge is 0.298 e. The molecule has 0 atom stereocenters. The van der Waals surface area contributed by atoms with Crippen molar-refractivity contribution in [3.63, 3.8) is 0 Å². The van der Waals surface area contributed by atoms with Crippen molar-refractivity contribution >= 4 is 44.4 Å². The molecule has 5 heteroatoms. The van der Waals surface area contributed by atoms with E-state index >= 15 is 0 Å². The highest BCUT2D eigenvalue weighted by Gasteiger charge is 2.12. The SMILES string of the molecule is CSc1cccc2sc(NC(=O)c3ccc(Cc4ccccc4)cc3)nc12. The molecule has 4 aromatic rings. The molecule has 1 aromatic heterocycles. The molecular formula is C22H18N2OS2. The molecule has 27 heavy (non-hydrogen) atoms. The van der Waals surface area contributed by atoms with Crippen LogP contribution in [0.3, 0.4) is 0 Å². The lowest BCUT2D eigenvalue weighted by Crippen LogP contribution is -2.11. The molecule has 0 aliphatic carbocycles. The Kier molecular flexibility index (Phi) is 5.23. The monoisotopic (exact) mass is 390 g/mol. The van der Waals surface area contributed by atoms with E-state index in [2.05, 4.69) is 22.4 Å². The molecule has 0 unspecified atom stereocenters. The van der Waals surface area contributed by atoms with Gasteiger partial charge < -0.3 is 0 Å². The number of carbonyl (C=O) groups excluding carboxylic acids is 1. The molecule has 0 fully saturated rings. The normalized spacial score (nSPS) is 10.9. The van der Waals surface area contributed by atoms with Gasteiger partial charge >= 0.3 is 0 Å². The van der Waals surface area contributed by atoms with Crippen molar-refractivity contribution in [2.75, 3.05) is 11.6 Å². The van der Waals surface area contributed by atoms with Crippen LogP contribution in [0.25, 0.3) is 10.2 Å². The Morgan fingerprint density at radius 2 is 1.70 bits per heavy atom. The summed E-state index contributed by atoms with van der Waals surface area (Å²) in [5, 5.41) is 3.56. The third-order valence-corrected chi connectivity index (χ3v) is 5.99. The van der Waals surface area contributed by atoms with Gasteiger partial charge in [-0.1, -0.05) is 59.9 Å². The van der Waals surface area contributed by atoms with Crippen molar-refractivity contribution in [2.45, 2.75) is 11.3 Å². The van der Waals surface area contributed by atoms with E-state index in [1.54, 1.807) is 11.8 Å². The van der Waals surface area contributed by atoms with Gasteiger partial charge in [0.15, 0.2) is 5.13 Å². The molecule has 1 amide bonds. The molecule has 4 rings (SSSR count). The molecule has 0 saturated carbocycles. The number of rotatable bonds is 5. The fourth-order valence-electron chi connectivity index (χ4n) is 2.92. The molecule has 3 aromatic carbocycles. The molecule has 0 aliphatic heterocycles. The number of fused-ring (bicyclic) bond motifs is 1. The van der Waals surface area contributed by atoms with Crippen molar-refractivity contribution in [2.24, 2.45) is 0 Å². The lowest BCUT2D eigenvalue weighted by atomic mass is 10.0. The zero-order valence-corrected chi connectivity index (χ0v) is 16.4. The van der Waals surface area contributed by atoms with Gasteiger partial charge in [-0.25, -0.2) is 4.98 Å². The molecule has 0 aliphatic rings. The van der Waals surface area contributed by atoms with Crippen molar-refractivity contribution < 1.29 is 4.79 Å². The van der Waals surface area contributed by atoms with Gasteiger partial charge in [0.25, 0.3) is 5.91 Å². The third kappa shape index (κ3) is 4.04. The minimum absolute atomic E-state index is 0.133. The second-order valence-electron chi connectivity index (χ2n) is 6.14. The molecule has 0 saturated heterocycles. The van der Waals surface area contributed by atoms with E-state index < -0.39 is 0 Å². The second kappa shape index (κ2) is 7.94. The maximum atomic E-state index is 12.6. The Morgan fingerprint density at radius 1 is 0.963 bits per heavy atom. The first-order valence-corrected chi connectivity index (χ1v) is 10.6. The number of para-hydroxylation sites is 1. The number of hydrogen-bond donors (Lipinski definition) is 1. The van der Waals surface area contributed by atoms with E-state index in [1.807, 2.05) is 66.9 Å². The van der Waals surface area contributed by atoms with Crippen LogP contribution in [0.2, 0.25) is 0 Å². The minimum atomic E-state index is -0.133. The Hall–Kier alpha value is -2.63. The van der Waals surface area contributed by atoms with Crippen LogP contribution in [0.5, 0.6) is 0 Å². The Bertz CT molecular complexity index is 1070.